The van der Waals surface area contributed by atoms with E-state index in [1.807, 2.05) is 45.0 Å². The van der Waals surface area contributed by atoms with Crippen molar-refractivity contribution in [2.24, 2.45) is 11.8 Å². The van der Waals surface area contributed by atoms with Gasteiger partial charge in [0.2, 0.25) is 0 Å². The molecule has 0 heterocycles. The molecule has 6 rings (SSSR count). The van der Waals surface area contributed by atoms with Gasteiger partial charge in [0.15, 0.2) is 11.6 Å². The van der Waals surface area contributed by atoms with Crippen LogP contribution in [0.4, 0.5) is 8.78 Å². The SMILES string of the molecule is CCc1cc(C)cc(CC)[c]1[Pb]([O]C(C)=O)([O]C(C)=O)[O]C(C)=O.CCc1cc(C)cc(CC)c1C1=C(O)CC(CCCc2ccc(F)cc2)CC1=O.O=C1C=C(O)CC(CCCc2ccc(F)cc2)C1. The maximum Gasteiger partial charge on any atom is 0.167 e. The third-order valence-electron chi connectivity index (χ3n) is 12.6. The molecule has 2 atom stereocenters. The van der Waals surface area contributed by atoms with E-state index in [9.17, 15) is 43.0 Å². The van der Waals surface area contributed by atoms with E-state index in [0.29, 0.717) is 47.2 Å². The Bertz CT molecular complexity index is 2470. The molecule has 0 radical (unpaired) electrons. The molecule has 4 aromatic carbocycles. The number of hydrogen-bond donors (Lipinski definition) is 2. The molecule has 0 aromatic heterocycles. The van der Waals surface area contributed by atoms with Crippen molar-refractivity contribution in [3.8, 4) is 0 Å². The van der Waals surface area contributed by atoms with Gasteiger partial charge < -0.3 is 10.2 Å². The van der Waals surface area contributed by atoms with Crippen LogP contribution >= 0.6 is 0 Å². The summed E-state index contributed by atoms with van der Waals surface area (Å²) < 4.78 is 42.7. The molecule has 0 saturated heterocycles. The monoisotopic (exact) mass is 1170 g/mol. The van der Waals surface area contributed by atoms with Gasteiger partial charge in [0, 0.05) is 31.8 Å². The molecule has 2 N–H and O–H groups in total. The molecule has 0 aliphatic heterocycles. The number of halogens is 2. The van der Waals surface area contributed by atoms with Gasteiger partial charge in [-0.3, -0.25) is 9.59 Å². The summed E-state index contributed by atoms with van der Waals surface area (Å²) in [6.45, 7) is 15.8. The van der Waals surface area contributed by atoms with Crippen LogP contribution in [0, 0.1) is 37.3 Å². The Morgan fingerprint density at radius 2 is 0.986 bits per heavy atom. The summed E-state index contributed by atoms with van der Waals surface area (Å²) in [5.41, 5.74) is 10.0. The molecule has 2 unspecified atom stereocenters. The van der Waals surface area contributed by atoms with Crippen LogP contribution in [0.25, 0.3) is 5.57 Å². The second-order valence-corrected chi connectivity index (χ2v) is 27.2. The Labute approximate surface area is 425 Å². The number of benzene rings is 4. The number of aliphatic hydroxyl groups excluding tert-OH is 2. The zero-order valence-electron chi connectivity index (χ0n) is 43.0. The normalized spacial score (nSPS) is 15.7. The summed E-state index contributed by atoms with van der Waals surface area (Å²) in [4.78, 5) is 59.5. The van der Waals surface area contributed by atoms with Gasteiger partial charge in [-0.2, -0.15) is 0 Å². The minimum Gasteiger partial charge on any atom is -0.512 e. The second-order valence-electron chi connectivity index (χ2n) is 18.6. The zero-order valence-corrected chi connectivity index (χ0v) is 46.9. The number of allylic oxidation sites excluding steroid dienone is 4. The van der Waals surface area contributed by atoms with Gasteiger partial charge in [0.25, 0.3) is 0 Å². The number of rotatable bonds is 17. The number of carbonyl (C=O) groups excluding carboxylic acids is 5. The number of aliphatic hydroxyl groups is 2. The molecular formula is C58H72F2O10Pb. The van der Waals surface area contributed by atoms with Gasteiger partial charge in [-0.15, -0.1) is 0 Å². The maximum absolute atomic E-state index is 13.0. The smallest absolute Gasteiger partial charge is 0.167 e. The van der Waals surface area contributed by atoms with Gasteiger partial charge in [-0.05, 0) is 122 Å². The van der Waals surface area contributed by atoms with Gasteiger partial charge in [-0.1, -0.05) is 55.8 Å². The summed E-state index contributed by atoms with van der Waals surface area (Å²) in [6, 6.07) is 21.3. The molecule has 10 nitrogen and oxygen atoms in total. The average Bonchev–Trinajstić information content (AvgIpc) is 3.29. The quantitative estimate of drug-likeness (QED) is 0.0977. The van der Waals surface area contributed by atoms with E-state index < -0.39 is 40.4 Å². The summed E-state index contributed by atoms with van der Waals surface area (Å²) in [7, 11) is 0. The minimum atomic E-state index is -5.17. The Hall–Kier alpha value is -5.51. The van der Waals surface area contributed by atoms with Crippen LogP contribution in [-0.2, 0) is 70.6 Å². The molecule has 382 valence electrons. The molecule has 13 heteroatoms. The van der Waals surface area contributed by atoms with Crippen LogP contribution in [-0.4, -0.2) is 62.2 Å². The van der Waals surface area contributed by atoms with Crippen molar-refractivity contribution in [3.05, 3.63) is 152 Å². The average molecular weight is 1170 g/mol. The first kappa shape index (κ1) is 58.1. The maximum atomic E-state index is 13.0. The van der Waals surface area contributed by atoms with Crippen molar-refractivity contribution in [3.63, 3.8) is 0 Å². The van der Waals surface area contributed by atoms with E-state index in [2.05, 4.69) is 32.9 Å². The second kappa shape index (κ2) is 27.9. The molecule has 2 aliphatic rings. The summed E-state index contributed by atoms with van der Waals surface area (Å²) >= 11 is -5.17. The van der Waals surface area contributed by atoms with Crippen LogP contribution < -0.4 is 3.12 Å². The topological polar surface area (TPSA) is 154 Å². The molecule has 0 spiro atoms. The molecule has 2 aliphatic carbocycles. The molecule has 0 saturated carbocycles. The first-order valence-corrected chi connectivity index (χ1v) is 31.6. The van der Waals surface area contributed by atoms with E-state index in [4.69, 9.17) is 8.06 Å². The van der Waals surface area contributed by atoms with Crippen LogP contribution in [0.1, 0.15) is 150 Å². The Balaban J connectivity index is 0.000000238. The van der Waals surface area contributed by atoms with Crippen LogP contribution in [0.5, 0.6) is 0 Å². The third-order valence-corrected chi connectivity index (χ3v) is 24.0. The summed E-state index contributed by atoms with van der Waals surface area (Å²) in [5.74, 6) is -1.37. The Kier molecular flexibility index (Phi) is 22.8. The fourth-order valence-corrected chi connectivity index (χ4v) is 20.7. The summed E-state index contributed by atoms with van der Waals surface area (Å²) in [5, 5.41) is 20.2. The molecule has 71 heavy (non-hydrogen) atoms. The van der Waals surface area contributed by atoms with E-state index in [-0.39, 0.29) is 46.6 Å². The predicted molar refractivity (Wildman–Crippen MR) is 275 cm³/mol. The van der Waals surface area contributed by atoms with Crippen LogP contribution in [0.15, 0.2) is 90.4 Å². The van der Waals surface area contributed by atoms with Crippen molar-refractivity contribution in [2.45, 2.75) is 152 Å². The molecule has 0 bridgehead atoms. The number of Topliss-reactive ketones (excluding diaryl/α,β-unsaturated/α-hetero) is 1. The summed E-state index contributed by atoms with van der Waals surface area (Å²) in [6.07, 6.45) is 11.9. The van der Waals surface area contributed by atoms with Crippen molar-refractivity contribution in [2.75, 3.05) is 0 Å². The predicted octanol–water partition coefficient (Wildman–Crippen LogP) is 12.1. The number of hydrogen-bond acceptors (Lipinski definition) is 10. The Morgan fingerprint density at radius 3 is 1.35 bits per heavy atom. The number of aryl methyl sites for hydroxylation is 8. The van der Waals surface area contributed by atoms with E-state index in [1.54, 1.807) is 12.1 Å². The van der Waals surface area contributed by atoms with Crippen LogP contribution in [0.2, 0.25) is 0 Å². The van der Waals surface area contributed by atoms with Gasteiger partial charge in [0.1, 0.15) is 17.4 Å². The Morgan fingerprint density at radius 1 is 0.592 bits per heavy atom. The molecule has 0 amide bonds. The van der Waals surface area contributed by atoms with E-state index >= 15 is 0 Å². The van der Waals surface area contributed by atoms with Crippen molar-refractivity contribution < 1.29 is 51.0 Å². The zero-order chi connectivity index (χ0) is 52.4. The van der Waals surface area contributed by atoms with Crippen molar-refractivity contribution in [1.82, 2.24) is 0 Å². The van der Waals surface area contributed by atoms with Crippen molar-refractivity contribution in [1.29, 1.82) is 0 Å². The van der Waals surface area contributed by atoms with E-state index in [0.717, 1.165) is 95.9 Å². The number of ketones is 2. The molecule has 0 fully saturated rings. The fraction of sp³-hybridized carbons (Fsp3) is 0.431. The fourth-order valence-electron chi connectivity index (χ4n) is 9.61. The molecule has 4 aromatic rings. The van der Waals surface area contributed by atoms with Crippen molar-refractivity contribution >= 4 is 60.7 Å². The number of carbonyl (C=O) groups is 5. The van der Waals surface area contributed by atoms with Crippen LogP contribution in [0.3, 0.4) is 0 Å². The third kappa shape index (κ3) is 17.6. The largest absolute Gasteiger partial charge is 0.512 e. The van der Waals surface area contributed by atoms with Gasteiger partial charge in [0.05, 0.1) is 11.3 Å². The molecular weight excluding hydrogens is 1100 g/mol. The van der Waals surface area contributed by atoms with E-state index in [1.165, 1.54) is 56.7 Å². The van der Waals surface area contributed by atoms with Gasteiger partial charge in [-0.25, -0.2) is 8.78 Å². The standard InChI is InChI=1S/C26H31FO2.C15H17FO2.C11H15.3C2H4O2.Pb/c1-4-20-13-17(3)14-21(5-2)25(20)26-23(28)15-19(16-24(26)29)8-6-7-18-9-11-22(27)12-10-18;16-13-6-4-11(5-7-13)2-1-3-12-8-14(17)10-15(18)9-12;1-4-10-6-9(3)7-11(5-2)8-10;3*1-2(3)4;/h9-14,19,28H,4-8,15-16H2,1-3H3;4-7,10,12,17H,1-3,8-9H2;6-7H,4-5H2,1-3H3;3*1H3,(H,3,4);/q;;;;;;+3/p-3. The minimum absolute atomic E-state index is 0.0190. The first-order valence-electron chi connectivity index (χ1n) is 24.9. The van der Waals surface area contributed by atoms with Gasteiger partial charge >= 0.3 is 149 Å². The first-order chi connectivity index (χ1) is 33.7.